The number of aliphatic hydroxyl groups is 1. The van der Waals surface area contributed by atoms with Gasteiger partial charge in [0.05, 0.1) is 6.10 Å². The Hall–Kier alpha value is -0.570. The largest absolute Gasteiger partial charge is 0.481 e. The number of aliphatic hydroxyl groups excluding tert-OH is 1. The van der Waals surface area contributed by atoms with Crippen molar-refractivity contribution < 1.29 is 15.0 Å². The van der Waals surface area contributed by atoms with Crippen LogP contribution in [0.2, 0.25) is 0 Å². The van der Waals surface area contributed by atoms with E-state index >= 15 is 0 Å². The van der Waals surface area contributed by atoms with E-state index in [2.05, 4.69) is 6.92 Å². The molecule has 0 spiro atoms. The lowest BCUT2D eigenvalue weighted by Gasteiger charge is -2.34. The fourth-order valence-corrected chi connectivity index (χ4v) is 3.91. The number of carboxylic acid groups (broad SMARTS) is 1. The van der Waals surface area contributed by atoms with Gasteiger partial charge in [0, 0.05) is 6.42 Å². The van der Waals surface area contributed by atoms with E-state index < -0.39 is 5.97 Å². The molecule has 3 atom stereocenters. The van der Waals surface area contributed by atoms with E-state index in [1.165, 1.54) is 51.4 Å². The molecule has 0 aliphatic heterocycles. The first-order chi connectivity index (χ1) is 10.6. The highest BCUT2D eigenvalue weighted by molar-refractivity contribution is 5.66. The van der Waals surface area contributed by atoms with Crippen molar-refractivity contribution >= 4 is 5.97 Å². The zero-order valence-electron chi connectivity index (χ0n) is 14.4. The van der Waals surface area contributed by atoms with Crippen molar-refractivity contribution in [2.75, 3.05) is 0 Å². The van der Waals surface area contributed by atoms with Crippen LogP contribution in [0, 0.1) is 11.8 Å². The van der Waals surface area contributed by atoms with Gasteiger partial charge in [-0.2, -0.15) is 0 Å². The molecule has 0 saturated heterocycles. The Morgan fingerprint density at radius 1 is 0.909 bits per heavy atom. The number of aliphatic carboxylic acids is 1. The summed E-state index contributed by atoms with van der Waals surface area (Å²) in [6, 6.07) is 0. The summed E-state index contributed by atoms with van der Waals surface area (Å²) >= 11 is 0. The molecule has 3 nitrogen and oxygen atoms in total. The average Bonchev–Trinajstić information content (AvgIpc) is 2.48. The smallest absolute Gasteiger partial charge is 0.303 e. The Kier molecular flexibility index (Phi) is 10.6. The van der Waals surface area contributed by atoms with E-state index in [0.29, 0.717) is 12.3 Å². The maximum absolute atomic E-state index is 10.5. The standard InChI is InChI=1S/C19H36O3/c1-2-3-4-7-10-16-13-14-18(20)15-17(16)11-8-5-6-9-12-19(21)22/h16-18,20H,2-15H2,1H3,(H,21,22)/t16-,17-,18-/m1/s1. The lowest BCUT2D eigenvalue weighted by atomic mass is 9.73. The third-order valence-electron chi connectivity index (χ3n) is 5.26. The molecule has 0 aromatic heterocycles. The van der Waals surface area contributed by atoms with Crippen molar-refractivity contribution in [1.82, 2.24) is 0 Å². The minimum atomic E-state index is -0.678. The average molecular weight is 312 g/mol. The molecule has 1 aliphatic carbocycles. The molecule has 0 unspecified atom stereocenters. The van der Waals surface area contributed by atoms with Gasteiger partial charge in [0.1, 0.15) is 0 Å². The van der Waals surface area contributed by atoms with Crippen molar-refractivity contribution in [3.63, 3.8) is 0 Å². The SMILES string of the molecule is CCCCCC[C@@H]1CC[C@@H](O)C[C@H]1CCCCCCC(=O)O. The van der Waals surface area contributed by atoms with Crippen LogP contribution in [0.5, 0.6) is 0 Å². The van der Waals surface area contributed by atoms with Gasteiger partial charge in [0.2, 0.25) is 0 Å². The highest BCUT2D eigenvalue weighted by atomic mass is 16.4. The fourth-order valence-electron chi connectivity index (χ4n) is 3.91. The second kappa shape index (κ2) is 11.9. The highest BCUT2D eigenvalue weighted by Gasteiger charge is 2.28. The first-order valence-corrected chi connectivity index (χ1v) is 9.53. The first-order valence-electron chi connectivity index (χ1n) is 9.53. The maximum Gasteiger partial charge on any atom is 0.303 e. The number of carbonyl (C=O) groups is 1. The van der Waals surface area contributed by atoms with Gasteiger partial charge in [0.15, 0.2) is 0 Å². The predicted molar refractivity (Wildman–Crippen MR) is 90.9 cm³/mol. The van der Waals surface area contributed by atoms with Gasteiger partial charge in [-0.05, 0) is 37.5 Å². The van der Waals surface area contributed by atoms with Gasteiger partial charge >= 0.3 is 5.97 Å². The zero-order chi connectivity index (χ0) is 16.2. The lowest BCUT2D eigenvalue weighted by molar-refractivity contribution is -0.137. The first kappa shape index (κ1) is 19.5. The molecule has 0 bridgehead atoms. The van der Waals surface area contributed by atoms with E-state index in [4.69, 9.17) is 5.11 Å². The van der Waals surface area contributed by atoms with Gasteiger partial charge in [0.25, 0.3) is 0 Å². The van der Waals surface area contributed by atoms with Crippen molar-refractivity contribution in [2.45, 2.75) is 103 Å². The van der Waals surface area contributed by atoms with Crippen LogP contribution >= 0.6 is 0 Å². The van der Waals surface area contributed by atoms with E-state index in [1.54, 1.807) is 0 Å². The number of hydrogen-bond donors (Lipinski definition) is 2. The summed E-state index contributed by atoms with van der Waals surface area (Å²) < 4.78 is 0. The van der Waals surface area contributed by atoms with Crippen LogP contribution in [0.15, 0.2) is 0 Å². The van der Waals surface area contributed by atoms with Gasteiger partial charge in [-0.3, -0.25) is 4.79 Å². The molecule has 0 heterocycles. The van der Waals surface area contributed by atoms with Crippen LogP contribution in [-0.4, -0.2) is 22.3 Å². The molecule has 1 aliphatic rings. The van der Waals surface area contributed by atoms with Crippen LogP contribution in [0.1, 0.15) is 96.8 Å². The van der Waals surface area contributed by atoms with Crippen LogP contribution < -0.4 is 0 Å². The topological polar surface area (TPSA) is 57.5 Å². The molecular weight excluding hydrogens is 276 g/mol. The molecule has 1 rings (SSSR count). The quantitative estimate of drug-likeness (QED) is 0.489. The molecule has 2 N–H and O–H groups in total. The number of rotatable bonds is 12. The predicted octanol–water partition coefficient (Wildman–Crippen LogP) is 5.16. The zero-order valence-corrected chi connectivity index (χ0v) is 14.4. The Balaban J connectivity index is 2.18. The van der Waals surface area contributed by atoms with Crippen LogP contribution in [0.3, 0.4) is 0 Å². The van der Waals surface area contributed by atoms with E-state index in [9.17, 15) is 9.90 Å². The Morgan fingerprint density at radius 3 is 2.23 bits per heavy atom. The number of unbranched alkanes of at least 4 members (excludes halogenated alkanes) is 6. The molecule has 130 valence electrons. The Bertz CT molecular complexity index is 290. The molecule has 22 heavy (non-hydrogen) atoms. The molecule has 0 aromatic carbocycles. The van der Waals surface area contributed by atoms with Crippen LogP contribution in [-0.2, 0) is 4.79 Å². The van der Waals surface area contributed by atoms with E-state index in [-0.39, 0.29) is 6.10 Å². The molecule has 1 fully saturated rings. The summed E-state index contributed by atoms with van der Waals surface area (Å²) in [5.41, 5.74) is 0. The molecule has 3 heteroatoms. The van der Waals surface area contributed by atoms with Gasteiger partial charge in [-0.15, -0.1) is 0 Å². The van der Waals surface area contributed by atoms with E-state index in [1.807, 2.05) is 0 Å². The molecule has 0 amide bonds. The molecule has 0 aromatic rings. The van der Waals surface area contributed by atoms with E-state index in [0.717, 1.165) is 38.0 Å². The maximum atomic E-state index is 10.5. The summed E-state index contributed by atoms with van der Waals surface area (Å²) in [5.74, 6) is 0.840. The van der Waals surface area contributed by atoms with Crippen molar-refractivity contribution in [2.24, 2.45) is 11.8 Å². The second-order valence-electron chi connectivity index (χ2n) is 7.18. The normalized spacial score (nSPS) is 25.3. The summed E-state index contributed by atoms with van der Waals surface area (Å²) in [5, 5.41) is 18.6. The number of carboxylic acids is 1. The van der Waals surface area contributed by atoms with Crippen LogP contribution in [0.25, 0.3) is 0 Å². The monoisotopic (exact) mass is 312 g/mol. The summed E-state index contributed by atoms with van der Waals surface area (Å²) in [6.45, 7) is 2.25. The highest BCUT2D eigenvalue weighted by Crippen LogP contribution is 2.37. The third kappa shape index (κ3) is 8.77. The van der Waals surface area contributed by atoms with Crippen molar-refractivity contribution in [3.8, 4) is 0 Å². The summed E-state index contributed by atoms with van der Waals surface area (Å²) in [4.78, 5) is 10.5. The minimum absolute atomic E-state index is 0.0797. The molecule has 1 saturated carbocycles. The van der Waals surface area contributed by atoms with Crippen LogP contribution in [0.4, 0.5) is 0 Å². The van der Waals surface area contributed by atoms with Crippen molar-refractivity contribution in [1.29, 1.82) is 0 Å². The summed E-state index contributed by atoms with van der Waals surface area (Å²) in [7, 11) is 0. The Labute approximate surface area is 136 Å². The van der Waals surface area contributed by atoms with Gasteiger partial charge in [-0.25, -0.2) is 0 Å². The van der Waals surface area contributed by atoms with Gasteiger partial charge < -0.3 is 10.2 Å². The molecular formula is C19H36O3. The Morgan fingerprint density at radius 2 is 1.55 bits per heavy atom. The second-order valence-corrected chi connectivity index (χ2v) is 7.18. The minimum Gasteiger partial charge on any atom is -0.481 e. The van der Waals surface area contributed by atoms with Crippen molar-refractivity contribution in [3.05, 3.63) is 0 Å². The number of hydrogen-bond acceptors (Lipinski definition) is 2. The molecule has 0 radical (unpaired) electrons. The third-order valence-corrected chi connectivity index (χ3v) is 5.26. The summed E-state index contributed by atoms with van der Waals surface area (Å²) in [6.07, 6.45) is 15.5. The lowest BCUT2D eigenvalue weighted by Crippen LogP contribution is -2.28. The fraction of sp³-hybridized carbons (Fsp3) is 0.947. The van der Waals surface area contributed by atoms with Gasteiger partial charge in [-0.1, -0.05) is 64.7 Å².